The van der Waals surface area contributed by atoms with Crippen LogP contribution in [0, 0.1) is 12.8 Å². The summed E-state index contributed by atoms with van der Waals surface area (Å²) in [5, 5.41) is 7.91. The standard InChI is InChI=1S/C12H22N4/c1-10-7-13-5-4-6-16(8-10)12-9-15(3)14-11(12)2/h9-10,13H,4-8H2,1-3H3. The van der Waals surface area contributed by atoms with E-state index in [1.165, 1.54) is 12.1 Å². The summed E-state index contributed by atoms with van der Waals surface area (Å²) in [5.41, 5.74) is 2.44. The largest absolute Gasteiger partial charge is 0.368 e. The van der Waals surface area contributed by atoms with Crippen LogP contribution in [-0.2, 0) is 7.05 Å². The monoisotopic (exact) mass is 222 g/mol. The molecule has 4 heteroatoms. The van der Waals surface area contributed by atoms with Crippen molar-refractivity contribution in [3.63, 3.8) is 0 Å². The van der Waals surface area contributed by atoms with Gasteiger partial charge in [0, 0.05) is 26.3 Å². The van der Waals surface area contributed by atoms with Crippen LogP contribution in [0.5, 0.6) is 0 Å². The zero-order valence-corrected chi connectivity index (χ0v) is 10.5. The number of hydrogen-bond acceptors (Lipinski definition) is 3. The van der Waals surface area contributed by atoms with Crippen LogP contribution in [0.25, 0.3) is 0 Å². The van der Waals surface area contributed by atoms with Gasteiger partial charge < -0.3 is 10.2 Å². The number of rotatable bonds is 1. The molecule has 90 valence electrons. The average Bonchev–Trinajstić information content (AvgIpc) is 2.51. The zero-order chi connectivity index (χ0) is 11.5. The third kappa shape index (κ3) is 2.55. The second-order valence-electron chi connectivity index (χ2n) is 4.88. The molecule has 16 heavy (non-hydrogen) atoms. The van der Waals surface area contributed by atoms with E-state index in [1.807, 2.05) is 11.7 Å². The molecule has 0 saturated carbocycles. The van der Waals surface area contributed by atoms with Gasteiger partial charge in [-0.2, -0.15) is 5.10 Å². The fourth-order valence-corrected chi connectivity index (χ4v) is 2.39. The average molecular weight is 222 g/mol. The molecule has 0 aliphatic carbocycles. The minimum Gasteiger partial charge on any atom is -0.368 e. The molecule has 1 unspecified atom stereocenters. The Morgan fingerprint density at radius 2 is 2.31 bits per heavy atom. The van der Waals surface area contributed by atoms with Crippen LogP contribution in [0.15, 0.2) is 6.20 Å². The summed E-state index contributed by atoms with van der Waals surface area (Å²) in [6, 6.07) is 0. The van der Waals surface area contributed by atoms with E-state index in [2.05, 4.69) is 35.4 Å². The molecule has 1 fully saturated rings. The van der Waals surface area contributed by atoms with E-state index in [0.29, 0.717) is 5.92 Å². The smallest absolute Gasteiger partial charge is 0.0827 e. The SMILES string of the molecule is Cc1nn(C)cc1N1CCCNCC(C)C1. The van der Waals surface area contributed by atoms with Gasteiger partial charge in [0.15, 0.2) is 0 Å². The summed E-state index contributed by atoms with van der Waals surface area (Å²) in [6.45, 7) is 8.90. The first kappa shape index (κ1) is 11.5. The summed E-state index contributed by atoms with van der Waals surface area (Å²) in [7, 11) is 1.99. The highest BCUT2D eigenvalue weighted by Crippen LogP contribution is 2.20. The lowest BCUT2D eigenvalue weighted by Crippen LogP contribution is -2.38. The Labute approximate surface area is 97.6 Å². The lowest BCUT2D eigenvalue weighted by Gasteiger charge is -2.30. The van der Waals surface area contributed by atoms with Gasteiger partial charge in [-0.25, -0.2) is 0 Å². The highest BCUT2D eigenvalue weighted by molar-refractivity contribution is 5.48. The molecule has 1 aliphatic heterocycles. The van der Waals surface area contributed by atoms with Gasteiger partial charge in [0.25, 0.3) is 0 Å². The van der Waals surface area contributed by atoms with Crippen molar-refractivity contribution < 1.29 is 0 Å². The van der Waals surface area contributed by atoms with Crippen LogP contribution in [0.4, 0.5) is 5.69 Å². The van der Waals surface area contributed by atoms with Crippen molar-refractivity contribution in [3.8, 4) is 0 Å². The normalized spacial score (nSPS) is 22.9. The summed E-state index contributed by atoms with van der Waals surface area (Å²) >= 11 is 0. The topological polar surface area (TPSA) is 33.1 Å². The number of nitrogens with one attached hydrogen (secondary N) is 1. The van der Waals surface area contributed by atoms with E-state index in [4.69, 9.17) is 0 Å². The van der Waals surface area contributed by atoms with Crippen molar-refractivity contribution in [2.45, 2.75) is 20.3 Å². The van der Waals surface area contributed by atoms with E-state index in [9.17, 15) is 0 Å². The Balaban J connectivity index is 2.14. The third-order valence-electron chi connectivity index (χ3n) is 3.13. The first-order valence-corrected chi connectivity index (χ1v) is 6.12. The molecule has 2 rings (SSSR count). The molecule has 2 heterocycles. The van der Waals surface area contributed by atoms with Gasteiger partial charge in [-0.3, -0.25) is 4.68 Å². The van der Waals surface area contributed by atoms with E-state index in [-0.39, 0.29) is 0 Å². The summed E-state index contributed by atoms with van der Waals surface area (Å²) in [6.07, 6.45) is 3.35. The maximum atomic E-state index is 4.42. The van der Waals surface area contributed by atoms with E-state index in [1.54, 1.807) is 0 Å². The number of hydrogen-bond donors (Lipinski definition) is 1. The van der Waals surface area contributed by atoms with Crippen molar-refractivity contribution in [1.29, 1.82) is 0 Å². The van der Waals surface area contributed by atoms with Crippen molar-refractivity contribution in [1.82, 2.24) is 15.1 Å². The van der Waals surface area contributed by atoms with Gasteiger partial charge in [-0.1, -0.05) is 6.92 Å². The van der Waals surface area contributed by atoms with Gasteiger partial charge in [0.2, 0.25) is 0 Å². The summed E-state index contributed by atoms with van der Waals surface area (Å²) < 4.78 is 1.91. The number of aryl methyl sites for hydroxylation is 2. The summed E-state index contributed by atoms with van der Waals surface area (Å²) in [4.78, 5) is 2.48. The molecule has 0 amide bonds. The molecule has 0 aromatic carbocycles. The molecule has 0 bridgehead atoms. The van der Waals surface area contributed by atoms with Gasteiger partial charge >= 0.3 is 0 Å². The molecular weight excluding hydrogens is 200 g/mol. The molecular formula is C12H22N4. The Hall–Kier alpha value is -1.03. The third-order valence-corrected chi connectivity index (χ3v) is 3.13. The molecule has 1 N–H and O–H groups in total. The molecule has 1 aromatic rings. The zero-order valence-electron chi connectivity index (χ0n) is 10.5. The molecule has 4 nitrogen and oxygen atoms in total. The Kier molecular flexibility index (Phi) is 3.49. The van der Waals surface area contributed by atoms with Crippen molar-refractivity contribution >= 4 is 5.69 Å². The predicted octanol–water partition coefficient (Wildman–Crippen LogP) is 1.16. The molecule has 0 radical (unpaired) electrons. The lowest BCUT2D eigenvalue weighted by molar-refractivity contribution is 0.467. The second kappa shape index (κ2) is 4.87. The second-order valence-corrected chi connectivity index (χ2v) is 4.88. The highest BCUT2D eigenvalue weighted by atomic mass is 15.3. The van der Waals surface area contributed by atoms with Crippen molar-refractivity contribution in [2.24, 2.45) is 13.0 Å². The van der Waals surface area contributed by atoms with Gasteiger partial charge in [0.1, 0.15) is 0 Å². The van der Waals surface area contributed by atoms with E-state index >= 15 is 0 Å². The van der Waals surface area contributed by atoms with Crippen LogP contribution < -0.4 is 10.2 Å². The number of anilines is 1. The van der Waals surface area contributed by atoms with Gasteiger partial charge in [-0.05, 0) is 32.4 Å². The lowest BCUT2D eigenvalue weighted by atomic mass is 10.1. The Morgan fingerprint density at radius 3 is 3.00 bits per heavy atom. The van der Waals surface area contributed by atoms with Crippen LogP contribution in [0.1, 0.15) is 19.0 Å². The molecule has 1 saturated heterocycles. The van der Waals surface area contributed by atoms with Crippen LogP contribution in [0.3, 0.4) is 0 Å². The van der Waals surface area contributed by atoms with Crippen molar-refractivity contribution in [3.05, 3.63) is 11.9 Å². The number of aromatic nitrogens is 2. The van der Waals surface area contributed by atoms with Crippen LogP contribution in [0.2, 0.25) is 0 Å². The van der Waals surface area contributed by atoms with Gasteiger partial charge in [0.05, 0.1) is 11.4 Å². The van der Waals surface area contributed by atoms with E-state index < -0.39 is 0 Å². The first-order valence-electron chi connectivity index (χ1n) is 6.12. The number of nitrogens with zero attached hydrogens (tertiary/aromatic N) is 3. The highest BCUT2D eigenvalue weighted by Gasteiger charge is 2.16. The Bertz CT molecular complexity index is 345. The predicted molar refractivity (Wildman–Crippen MR) is 66.8 cm³/mol. The fourth-order valence-electron chi connectivity index (χ4n) is 2.39. The maximum Gasteiger partial charge on any atom is 0.0827 e. The van der Waals surface area contributed by atoms with Crippen molar-refractivity contribution in [2.75, 3.05) is 31.1 Å². The maximum absolute atomic E-state index is 4.42. The minimum atomic E-state index is 0.694. The minimum absolute atomic E-state index is 0.694. The molecule has 1 aliphatic rings. The van der Waals surface area contributed by atoms with Crippen LogP contribution >= 0.6 is 0 Å². The molecule has 1 aromatic heterocycles. The Morgan fingerprint density at radius 1 is 1.50 bits per heavy atom. The fraction of sp³-hybridized carbons (Fsp3) is 0.750. The molecule has 1 atom stereocenters. The van der Waals surface area contributed by atoms with Gasteiger partial charge in [-0.15, -0.1) is 0 Å². The van der Waals surface area contributed by atoms with Crippen LogP contribution in [-0.4, -0.2) is 36.0 Å². The van der Waals surface area contributed by atoms with E-state index in [0.717, 1.165) is 31.9 Å². The summed E-state index contributed by atoms with van der Waals surface area (Å²) in [5.74, 6) is 0.694. The molecule has 0 spiro atoms. The first-order chi connectivity index (χ1) is 7.66. The quantitative estimate of drug-likeness (QED) is 0.774.